The van der Waals surface area contributed by atoms with Crippen LogP contribution < -0.4 is 10.1 Å². The van der Waals surface area contributed by atoms with Crippen molar-refractivity contribution in [2.75, 3.05) is 7.11 Å². The highest BCUT2D eigenvalue weighted by molar-refractivity contribution is 5.87. The van der Waals surface area contributed by atoms with E-state index in [0.29, 0.717) is 12.2 Å². The Hall–Kier alpha value is -2.89. The summed E-state index contributed by atoms with van der Waals surface area (Å²) in [4.78, 5) is 24.3. The number of methoxy groups -OCH3 is 1. The minimum atomic E-state index is -0.853. The summed E-state index contributed by atoms with van der Waals surface area (Å²) in [5, 5.41) is 2.64. The highest BCUT2D eigenvalue weighted by Crippen LogP contribution is 2.13. The lowest BCUT2D eigenvalue weighted by molar-refractivity contribution is -0.145. The molecule has 0 aromatic heterocycles. The Kier molecular flexibility index (Phi) is 6.51. The van der Waals surface area contributed by atoms with Crippen molar-refractivity contribution >= 4 is 11.9 Å². The lowest BCUT2D eigenvalue weighted by atomic mass is 10.1. The molecule has 0 radical (unpaired) electrons. The number of hydrogen-bond acceptors (Lipinski definition) is 4. The fourth-order valence-corrected chi connectivity index (χ4v) is 2.25. The van der Waals surface area contributed by atoms with Gasteiger partial charge in [-0.2, -0.15) is 0 Å². The zero-order chi connectivity index (χ0) is 18.2. The second-order valence-corrected chi connectivity index (χ2v) is 5.49. The number of amides is 1. The lowest BCUT2D eigenvalue weighted by Gasteiger charge is -2.20. The van der Waals surface area contributed by atoms with Gasteiger partial charge in [0.05, 0.1) is 7.11 Å². The molecule has 0 spiro atoms. The number of ether oxygens (including phenoxy) is 2. The van der Waals surface area contributed by atoms with Gasteiger partial charge in [-0.25, -0.2) is 9.18 Å². The molecule has 2 aromatic rings. The van der Waals surface area contributed by atoms with E-state index < -0.39 is 29.8 Å². The first-order chi connectivity index (χ1) is 12.0. The van der Waals surface area contributed by atoms with E-state index in [1.807, 2.05) is 30.3 Å². The average molecular weight is 345 g/mol. The summed E-state index contributed by atoms with van der Waals surface area (Å²) in [6.07, 6.45) is -0.545. The van der Waals surface area contributed by atoms with Gasteiger partial charge in [0.25, 0.3) is 5.91 Å². The standard InChI is InChI=1S/C19H20FNO4/c1-13(25-16-10-8-15(20)9-11-16)18(22)21-17(19(23)24-2)12-14-6-4-3-5-7-14/h3-11,13,17H,12H2,1-2H3,(H,21,22). The van der Waals surface area contributed by atoms with E-state index in [1.165, 1.54) is 31.4 Å². The smallest absolute Gasteiger partial charge is 0.328 e. The normalized spacial score (nSPS) is 12.8. The molecule has 0 heterocycles. The fraction of sp³-hybridized carbons (Fsp3) is 0.263. The van der Waals surface area contributed by atoms with E-state index in [2.05, 4.69) is 5.32 Å². The maximum absolute atomic E-state index is 12.9. The van der Waals surface area contributed by atoms with Gasteiger partial charge in [0.1, 0.15) is 17.6 Å². The zero-order valence-corrected chi connectivity index (χ0v) is 14.1. The molecular formula is C19H20FNO4. The monoisotopic (exact) mass is 345 g/mol. The molecule has 0 aliphatic heterocycles. The van der Waals surface area contributed by atoms with Crippen molar-refractivity contribution in [1.82, 2.24) is 5.32 Å². The predicted octanol–water partition coefficient (Wildman–Crippen LogP) is 2.49. The van der Waals surface area contributed by atoms with Gasteiger partial charge in [-0.1, -0.05) is 30.3 Å². The van der Waals surface area contributed by atoms with Gasteiger partial charge in [0.2, 0.25) is 0 Å². The van der Waals surface area contributed by atoms with Crippen molar-refractivity contribution in [1.29, 1.82) is 0 Å². The molecule has 1 amide bonds. The molecule has 0 aliphatic carbocycles. The quantitative estimate of drug-likeness (QED) is 0.783. The third-order valence-corrected chi connectivity index (χ3v) is 3.58. The topological polar surface area (TPSA) is 64.6 Å². The van der Waals surface area contributed by atoms with Crippen LogP contribution in [0.5, 0.6) is 5.75 Å². The number of nitrogens with one attached hydrogen (secondary N) is 1. The van der Waals surface area contributed by atoms with Crippen molar-refractivity contribution in [2.45, 2.75) is 25.5 Å². The van der Waals surface area contributed by atoms with E-state index in [1.54, 1.807) is 6.92 Å². The maximum atomic E-state index is 12.9. The molecule has 0 saturated heterocycles. The first kappa shape index (κ1) is 18.4. The first-order valence-electron chi connectivity index (χ1n) is 7.84. The van der Waals surface area contributed by atoms with Gasteiger partial charge in [-0.15, -0.1) is 0 Å². The van der Waals surface area contributed by atoms with E-state index in [-0.39, 0.29) is 0 Å². The second kappa shape index (κ2) is 8.82. The van der Waals surface area contributed by atoms with Crippen LogP contribution in [0.25, 0.3) is 0 Å². The molecule has 0 saturated carbocycles. The summed E-state index contributed by atoms with van der Waals surface area (Å²) in [5.74, 6) is -1.03. The SMILES string of the molecule is COC(=O)C(Cc1ccccc1)NC(=O)C(C)Oc1ccc(F)cc1. The van der Waals surface area contributed by atoms with Crippen LogP contribution in [0.15, 0.2) is 54.6 Å². The number of halogens is 1. The predicted molar refractivity (Wildman–Crippen MR) is 90.6 cm³/mol. The molecule has 6 heteroatoms. The van der Waals surface area contributed by atoms with Crippen LogP contribution in [0.2, 0.25) is 0 Å². The van der Waals surface area contributed by atoms with Crippen molar-refractivity contribution in [3.8, 4) is 5.75 Å². The highest BCUT2D eigenvalue weighted by atomic mass is 19.1. The largest absolute Gasteiger partial charge is 0.481 e. The number of esters is 1. The van der Waals surface area contributed by atoms with E-state index in [4.69, 9.17) is 9.47 Å². The third-order valence-electron chi connectivity index (χ3n) is 3.58. The van der Waals surface area contributed by atoms with Crippen LogP contribution in [0.4, 0.5) is 4.39 Å². The molecule has 5 nitrogen and oxygen atoms in total. The van der Waals surface area contributed by atoms with Crippen LogP contribution in [0, 0.1) is 5.82 Å². The number of carbonyl (C=O) groups is 2. The Morgan fingerprint density at radius 1 is 1.08 bits per heavy atom. The molecule has 0 bridgehead atoms. The van der Waals surface area contributed by atoms with Gasteiger partial charge in [0, 0.05) is 6.42 Å². The molecule has 1 N–H and O–H groups in total. The molecule has 25 heavy (non-hydrogen) atoms. The maximum Gasteiger partial charge on any atom is 0.328 e. The summed E-state index contributed by atoms with van der Waals surface area (Å²) in [5.41, 5.74) is 0.894. The van der Waals surface area contributed by atoms with Crippen LogP contribution >= 0.6 is 0 Å². The molecule has 2 rings (SSSR count). The van der Waals surface area contributed by atoms with E-state index in [0.717, 1.165) is 5.56 Å². The third kappa shape index (κ3) is 5.60. The minimum absolute atomic E-state index is 0.308. The Morgan fingerprint density at radius 3 is 2.32 bits per heavy atom. The zero-order valence-electron chi connectivity index (χ0n) is 14.1. The Bertz CT molecular complexity index is 703. The van der Waals surface area contributed by atoms with Crippen LogP contribution in [-0.2, 0) is 20.7 Å². The summed E-state index contributed by atoms with van der Waals surface area (Å²) < 4.78 is 23.1. The summed E-state index contributed by atoms with van der Waals surface area (Å²) >= 11 is 0. The summed E-state index contributed by atoms with van der Waals surface area (Å²) in [6.45, 7) is 1.55. The number of rotatable bonds is 7. The molecule has 132 valence electrons. The van der Waals surface area contributed by atoms with Gasteiger partial charge in [0.15, 0.2) is 6.10 Å². The van der Waals surface area contributed by atoms with E-state index >= 15 is 0 Å². The molecule has 2 unspecified atom stereocenters. The highest BCUT2D eigenvalue weighted by Gasteiger charge is 2.25. The summed E-state index contributed by atoms with van der Waals surface area (Å²) in [7, 11) is 1.27. The van der Waals surface area contributed by atoms with Gasteiger partial charge in [-0.3, -0.25) is 4.79 Å². The van der Waals surface area contributed by atoms with Crippen LogP contribution in [0.1, 0.15) is 12.5 Å². The fourth-order valence-electron chi connectivity index (χ4n) is 2.25. The Morgan fingerprint density at radius 2 is 1.72 bits per heavy atom. The molecule has 0 fully saturated rings. The first-order valence-corrected chi connectivity index (χ1v) is 7.84. The lowest BCUT2D eigenvalue weighted by Crippen LogP contribution is -2.47. The Labute approximate surface area is 145 Å². The summed E-state index contributed by atoms with van der Waals surface area (Å²) in [6, 6.07) is 13.8. The van der Waals surface area contributed by atoms with Crippen LogP contribution in [0.3, 0.4) is 0 Å². The van der Waals surface area contributed by atoms with Gasteiger partial charge >= 0.3 is 5.97 Å². The minimum Gasteiger partial charge on any atom is -0.481 e. The molecule has 0 aliphatic rings. The average Bonchev–Trinajstić information content (AvgIpc) is 2.63. The van der Waals surface area contributed by atoms with Crippen LogP contribution in [-0.4, -0.2) is 31.1 Å². The number of benzene rings is 2. The second-order valence-electron chi connectivity index (χ2n) is 5.49. The van der Waals surface area contributed by atoms with Crippen molar-refractivity contribution in [3.05, 3.63) is 66.0 Å². The number of hydrogen-bond donors (Lipinski definition) is 1. The van der Waals surface area contributed by atoms with E-state index in [9.17, 15) is 14.0 Å². The molecule has 2 aromatic carbocycles. The van der Waals surface area contributed by atoms with Gasteiger partial charge in [-0.05, 0) is 36.8 Å². The van der Waals surface area contributed by atoms with Crippen molar-refractivity contribution < 1.29 is 23.5 Å². The van der Waals surface area contributed by atoms with Crippen molar-refractivity contribution in [3.63, 3.8) is 0 Å². The number of carbonyl (C=O) groups excluding carboxylic acids is 2. The molecular weight excluding hydrogens is 325 g/mol. The van der Waals surface area contributed by atoms with Crippen molar-refractivity contribution in [2.24, 2.45) is 0 Å². The Balaban J connectivity index is 2.00. The molecule has 2 atom stereocenters. The van der Waals surface area contributed by atoms with Gasteiger partial charge < -0.3 is 14.8 Å².